The molecule has 4 rings (SSSR count). The maximum atomic E-state index is 13.6. The quantitative estimate of drug-likeness (QED) is 0.658. The third kappa shape index (κ3) is 4.24. The molecule has 2 aromatic carbocycles. The SMILES string of the molecule is COCCN1C(=O)c2ccccc2[C@H](C(=O)NCCCc2ccccc2)C12CCCC2. The van der Waals surface area contributed by atoms with Crippen LogP contribution >= 0.6 is 0 Å². The summed E-state index contributed by atoms with van der Waals surface area (Å²) >= 11 is 0. The maximum absolute atomic E-state index is 13.6. The Bertz CT molecular complexity index is 906. The third-order valence-corrected chi connectivity index (χ3v) is 6.86. The topological polar surface area (TPSA) is 58.6 Å². The van der Waals surface area contributed by atoms with E-state index in [1.807, 2.05) is 47.4 Å². The normalized spacial score (nSPS) is 19.5. The van der Waals surface area contributed by atoms with Gasteiger partial charge in [0, 0.05) is 25.8 Å². The minimum atomic E-state index is -0.451. The van der Waals surface area contributed by atoms with Crippen molar-refractivity contribution in [2.45, 2.75) is 50.0 Å². The van der Waals surface area contributed by atoms with E-state index in [4.69, 9.17) is 4.74 Å². The lowest BCUT2D eigenvalue weighted by molar-refractivity contribution is -0.126. The largest absolute Gasteiger partial charge is 0.383 e. The molecule has 2 aliphatic rings. The second kappa shape index (κ2) is 9.65. The molecular weight excluding hydrogens is 388 g/mol. The van der Waals surface area contributed by atoms with Crippen LogP contribution in [0.2, 0.25) is 0 Å². The van der Waals surface area contributed by atoms with Crippen molar-refractivity contribution in [2.75, 3.05) is 26.8 Å². The Hall–Kier alpha value is -2.66. The molecule has 0 saturated heterocycles. The van der Waals surface area contributed by atoms with E-state index in [1.165, 1.54) is 5.56 Å². The fourth-order valence-corrected chi connectivity index (χ4v) is 5.43. The summed E-state index contributed by atoms with van der Waals surface area (Å²) in [6, 6.07) is 18.0. The Balaban J connectivity index is 1.56. The Kier molecular flexibility index (Phi) is 6.71. The zero-order valence-electron chi connectivity index (χ0n) is 18.3. The average Bonchev–Trinajstić information content (AvgIpc) is 3.27. The van der Waals surface area contributed by atoms with Gasteiger partial charge in [-0.15, -0.1) is 0 Å². The van der Waals surface area contributed by atoms with E-state index in [0.29, 0.717) is 25.3 Å². The monoisotopic (exact) mass is 420 g/mol. The summed E-state index contributed by atoms with van der Waals surface area (Å²) in [5.41, 5.74) is 2.36. The van der Waals surface area contributed by atoms with Crippen LogP contribution in [-0.2, 0) is 16.0 Å². The average molecular weight is 421 g/mol. The summed E-state index contributed by atoms with van der Waals surface area (Å²) in [6.07, 6.45) is 5.63. The van der Waals surface area contributed by atoms with Crippen molar-refractivity contribution >= 4 is 11.8 Å². The van der Waals surface area contributed by atoms with E-state index in [2.05, 4.69) is 17.4 Å². The van der Waals surface area contributed by atoms with E-state index in [0.717, 1.165) is 44.1 Å². The van der Waals surface area contributed by atoms with Crippen molar-refractivity contribution in [3.63, 3.8) is 0 Å². The minimum absolute atomic E-state index is 0.0303. The number of nitrogens with zero attached hydrogens (tertiary/aromatic N) is 1. The molecule has 5 heteroatoms. The zero-order valence-corrected chi connectivity index (χ0v) is 18.3. The van der Waals surface area contributed by atoms with Crippen molar-refractivity contribution in [1.29, 1.82) is 0 Å². The van der Waals surface area contributed by atoms with Crippen LogP contribution in [0.25, 0.3) is 0 Å². The molecule has 2 aromatic rings. The third-order valence-electron chi connectivity index (χ3n) is 6.86. The van der Waals surface area contributed by atoms with Crippen molar-refractivity contribution in [3.05, 3.63) is 71.3 Å². The highest BCUT2D eigenvalue weighted by Gasteiger charge is 2.55. The molecule has 1 aliphatic heterocycles. The summed E-state index contributed by atoms with van der Waals surface area (Å²) in [5.74, 6) is -0.266. The van der Waals surface area contributed by atoms with E-state index < -0.39 is 5.54 Å². The van der Waals surface area contributed by atoms with Crippen LogP contribution in [0.1, 0.15) is 59.5 Å². The van der Waals surface area contributed by atoms with Crippen molar-refractivity contribution < 1.29 is 14.3 Å². The van der Waals surface area contributed by atoms with Crippen LogP contribution in [-0.4, -0.2) is 49.1 Å². The molecule has 1 N–H and O–H groups in total. The highest BCUT2D eigenvalue weighted by Crippen LogP contribution is 2.50. The van der Waals surface area contributed by atoms with Crippen LogP contribution in [0.5, 0.6) is 0 Å². The van der Waals surface area contributed by atoms with Gasteiger partial charge in [-0.2, -0.15) is 0 Å². The predicted octanol–water partition coefficient (Wildman–Crippen LogP) is 3.93. The van der Waals surface area contributed by atoms with E-state index >= 15 is 0 Å². The van der Waals surface area contributed by atoms with Crippen LogP contribution in [0, 0.1) is 0 Å². The minimum Gasteiger partial charge on any atom is -0.383 e. The van der Waals surface area contributed by atoms with Crippen molar-refractivity contribution in [1.82, 2.24) is 10.2 Å². The number of aryl methyl sites for hydroxylation is 1. The lowest BCUT2D eigenvalue weighted by Gasteiger charge is -2.50. The van der Waals surface area contributed by atoms with Gasteiger partial charge in [-0.1, -0.05) is 61.4 Å². The predicted molar refractivity (Wildman–Crippen MR) is 121 cm³/mol. The molecule has 1 atom stereocenters. The number of nitrogens with one attached hydrogen (secondary N) is 1. The second-order valence-corrected chi connectivity index (χ2v) is 8.66. The van der Waals surface area contributed by atoms with Gasteiger partial charge in [0.05, 0.1) is 18.1 Å². The highest BCUT2D eigenvalue weighted by molar-refractivity contribution is 6.02. The molecule has 0 bridgehead atoms. The summed E-state index contributed by atoms with van der Waals surface area (Å²) in [5, 5.41) is 3.20. The number of benzene rings is 2. The summed E-state index contributed by atoms with van der Waals surface area (Å²) in [7, 11) is 1.65. The first-order chi connectivity index (χ1) is 15.2. The molecule has 164 valence electrons. The highest BCUT2D eigenvalue weighted by atomic mass is 16.5. The fraction of sp³-hybridized carbons (Fsp3) is 0.462. The number of ether oxygens (including phenoxy) is 1. The molecule has 1 aliphatic carbocycles. The molecule has 31 heavy (non-hydrogen) atoms. The molecule has 0 unspecified atom stereocenters. The van der Waals surface area contributed by atoms with Crippen molar-refractivity contribution in [3.8, 4) is 0 Å². The van der Waals surface area contributed by atoms with Gasteiger partial charge >= 0.3 is 0 Å². The van der Waals surface area contributed by atoms with Gasteiger partial charge in [0.2, 0.25) is 5.91 Å². The van der Waals surface area contributed by atoms with Crippen LogP contribution in [0.15, 0.2) is 54.6 Å². The van der Waals surface area contributed by atoms with E-state index in [9.17, 15) is 9.59 Å². The number of hydrogen-bond donors (Lipinski definition) is 1. The zero-order chi connectivity index (χ0) is 21.7. The van der Waals surface area contributed by atoms with E-state index in [1.54, 1.807) is 7.11 Å². The molecule has 1 spiro atoms. The summed E-state index contributed by atoms with van der Waals surface area (Å²) in [6.45, 7) is 1.62. The van der Waals surface area contributed by atoms with Gasteiger partial charge in [0.15, 0.2) is 0 Å². The Morgan fingerprint density at radius 1 is 1.10 bits per heavy atom. The fourth-order valence-electron chi connectivity index (χ4n) is 5.43. The van der Waals surface area contributed by atoms with Crippen LogP contribution < -0.4 is 5.32 Å². The van der Waals surface area contributed by atoms with E-state index in [-0.39, 0.29) is 17.7 Å². The molecule has 1 heterocycles. The molecule has 0 radical (unpaired) electrons. The Morgan fingerprint density at radius 3 is 2.55 bits per heavy atom. The first-order valence-corrected chi connectivity index (χ1v) is 11.4. The Morgan fingerprint density at radius 2 is 1.81 bits per heavy atom. The summed E-state index contributed by atoms with van der Waals surface area (Å²) in [4.78, 5) is 28.9. The van der Waals surface area contributed by atoms with Crippen LogP contribution in [0.4, 0.5) is 0 Å². The number of methoxy groups -OCH3 is 1. The maximum Gasteiger partial charge on any atom is 0.254 e. The Labute approximate surface area is 184 Å². The standard InChI is InChI=1S/C26H32N2O3/c1-31-19-18-28-25(30)22-14-6-5-13-21(22)23(26(28)15-7-8-16-26)24(29)27-17-9-12-20-10-3-2-4-11-20/h2-6,10-11,13-14,23H,7-9,12,15-19H2,1H3,(H,27,29)/t23-/m1/s1. The van der Waals surface area contributed by atoms with Gasteiger partial charge in [-0.3, -0.25) is 9.59 Å². The smallest absolute Gasteiger partial charge is 0.254 e. The van der Waals surface area contributed by atoms with Gasteiger partial charge in [0.1, 0.15) is 0 Å². The lowest BCUT2D eigenvalue weighted by atomic mass is 9.71. The number of carbonyl (C=O) groups is 2. The number of rotatable bonds is 8. The van der Waals surface area contributed by atoms with Crippen molar-refractivity contribution in [2.24, 2.45) is 0 Å². The molecule has 0 aromatic heterocycles. The molecule has 1 saturated carbocycles. The van der Waals surface area contributed by atoms with Crippen LogP contribution in [0.3, 0.4) is 0 Å². The van der Waals surface area contributed by atoms with Gasteiger partial charge < -0.3 is 15.0 Å². The summed E-state index contributed by atoms with van der Waals surface area (Å²) < 4.78 is 5.31. The molecule has 1 fully saturated rings. The first-order valence-electron chi connectivity index (χ1n) is 11.4. The lowest BCUT2D eigenvalue weighted by Crippen LogP contribution is -2.61. The van der Waals surface area contributed by atoms with Gasteiger partial charge in [0.25, 0.3) is 5.91 Å². The van der Waals surface area contributed by atoms with Gasteiger partial charge in [-0.05, 0) is 42.9 Å². The molecule has 5 nitrogen and oxygen atoms in total. The second-order valence-electron chi connectivity index (χ2n) is 8.66. The number of carbonyl (C=O) groups excluding carboxylic acids is 2. The van der Waals surface area contributed by atoms with Gasteiger partial charge in [-0.25, -0.2) is 0 Å². The molecular formula is C26H32N2O3. The number of amides is 2. The molecule has 2 amide bonds. The number of hydrogen-bond acceptors (Lipinski definition) is 3. The number of fused-ring (bicyclic) bond motifs is 1. The first kappa shape index (κ1) is 21.6.